The molecule has 1 aromatic carbocycles. The first-order chi connectivity index (χ1) is 9.97. The Hall–Kier alpha value is -2.43. The summed E-state index contributed by atoms with van der Waals surface area (Å²) in [4.78, 5) is 17.5. The van der Waals surface area contributed by atoms with Crippen molar-refractivity contribution in [2.75, 3.05) is 19.4 Å². The summed E-state index contributed by atoms with van der Waals surface area (Å²) in [5.41, 5.74) is 1.51. The molecule has 1 aromatic heterocycles. The topological polar surface area (TPSA) is 45.2 Å². The monoisotopic (exact) mass is 287 g/mol. The molecule has 4 nitrogen and oxygen atoms in total. The molecule has 1 N–H and O–H groups in total. The van der Waals surface area contributed by atoms with Crippen molar-refractivity contribution in [3.8, 4) is 0 Å². The molecule has 0 bridgehead atoms. The fraction of sp³-hybridized carbons (Fsp3) is 0.250. The molecular weight excluding hydrogens is 269 g/mol. The molecule has 1 unspecified atom stereocenters. The lowest BCUT2D eigenvalue weighted by Crippen LogP contribution is -2.21. The summed E-state index contributed by atoms with van der Waals surface area (Å²) < 4.78 is 12.9. The molecule has 1 atom stereocenters. The number of halogens is 1. The van der Waals surface area contributed by atoms with Crippen LogP contribution in [0.5, 0.6) is 0 Å². The Morgan fingerprint density at radius 2 is 1.86 bits per heavy atom. The van der Waals surface area contributed by atoms with Crippen LogP contribution in [-0.4, -0.2) is 29.9 Å². The number of amides is 1. The average molecular weight is 287 g/mol. The highest BCUT2D eigenvalue weighted by atomic mass is 19.1. The molecular formula is C16H18FN3O. The van der Waals surface area contributed by atoms with E-state index in [0.717, 1.165) is 5.56 Å². The van der Waals surface area contributed by atoms with Gasteiger partial charge >= 0.3 is 0 Å². The molecule has 2 aromatic rings. The lowest BCUT2D eigenvalue weighted by Gasteiger charge is -2.15. The van der Waals surface area contributed by atoms with E-state index in [4.69, 9.17) is 0 Å². The Balaban J connectivity index is 2.06. The Morgan fingerprint density at radius 1 is 1.19 bits per heavy atom. The summed E-state index contributed by atoms with van der Waals surface area (Å²) in [7, 11) is 3.40. The Kier molecular flexibility index (Phi) is 4.52. The minimum Gasteiger partial charge on any atom is -0.364 e. The number of hydrogen-bond donors (Lipinski definition) is 1. The number of anilines is 1. The maximum atomic E-state index is 12.9. The van der Waals surface area contributed by atoms with Gasteiger partial charge in [0.1, 0.15) is 11.6 Å². The summed E-state index contributed by atoms with van der Waals surface area (Å²) >= 11 is 0. The molecule has 5 heteroatoms. The van der Waals surface area contributed by atoms with Crippen molar-refractivity contribution in [3.05, 3.63) is 59.5 Å². The Labute approximate surface area is 123 Å². The van der Waals surface area contributed by atoms with Gasteiger partial charge in [-0.1, -0.05) is 12.1 Å². The van der Waals surface area contributed by atoms with Crippen molar-refractivity contribution < 1.29 is 9.18 Å². The summed E-state index contributed by atoms with van der Waals surface area (Å²) in [6, 6.07) is 9.81. The van der Waals surface area contributed by atoms with E-state index in [9.17, 15) is 9.18 Å². The van der Waals surface area contributed by atoms with Gasteiger partial charge in [-0.2, -0.15) is 0 Å². The van der Waals surface area contributed by atoms with E-state index < -0.39 is 0 Å². The van der Waals surface area contributed by atoms with Crippen LogP contribution in [0.15, 0.2) is 42.6 Å². The lowest BCUT2D eigenvalue weighted by molar-refractivity contribution is 0.0827. The van der Waals surface area contributed by atoms with Gasteiger partial charge in [-0.15, -0.1) is 0 Å². The van der Waals surface area contributed by atoms with E-state index in [2.05, 4.69) is 10.3 Å². The average Bonchev–Trinajstić information content (AvgIpc) is 2.47. The maximum absolute atomic E-state index is 12.9. The SMILES string of the molecule is CC(Nc1ccc(C(=O)N(C)C)cn1)c1ccc(F)cc1. The van der Waals surface area contributed by atoms with E-state index >= 15 is 0 Å². The quantitative estimate of drug-likeness (QED) is 0.940. The van der Waals surface area contributed by atoms with Crippen molar-refractivity contribution in [1.29, 1.82) is 0 Å². The number of nitrogens with one attached hydrogen (secondary N) is 1. The number of benzene rings is 1. The number of carbonyl (C=O) groups excluding carboxylic acids is 1. The van der Waals surface area contributed by atoms with Crippen LogP contribution in [0.2, 0.25) is 0 Å². The zero-order chi connectivity index (χ0) is 15.4. The molecule has 1 amide bonds. The number of aromatic nitrogens is 1. The first-order valence-electron chi connectivity index (χ1n) is 6.67. The number of rotatable bonds is 4. The molecule has 1 heterocycles. The number of nitrogens with zero attached hydrogens (tertiary/aromatic N) is 2. The molecule has 110 valence electrons. The van der Waals surface area contributed by atoms with Crippen LogP contribution in [-0.2, 0) is 0 Å². The van der Waals surface area contributed by atoms with Gasteiger partial charge in [-0.05, 0) is 36.8 Å². The van der Waals surface area contributed by atoms with E-state index in [-0.39, 0.29) is 17.8 Å². The van der Waals surface area contributed by atoms with E-state index in [1.54, 1.807) is 44.6 Å². The van der Waals surface area contributed by atoms with Crippen LogP contribution >= 0.6 is 0 Å². The standard InChI is InChI=1S/C16H18FN3O/c1-11(12-4-7-14(17)8-5-12)19-15-9-6-13(10-18-15)16(21)20(2)3/h4-11H,1-3H3,(H,18,19). The summed E-state index contributed by atoms with van der Waals surface area (Å²) in [5.74, 6) is 0.332. The van der Waals surface area contributed by atoms with Gasteiger partial charge in [0.25, 0.3) is 5.91 Å². The number of carbonyl (C=O) groups is 1. The molecule has 0 saturated carbocycles. The molecule has 0 radical (unpaired) electrons. The van der Waals surface area contributed by atoms with Gasteiger partial charge in [0, 0.05) is 26.3 Å². The number of pyridine rings is 1. The Morgan fingerprint density at radius 3 is 2.38 bits per heavy atom. The summed E-state index contributed by atoms with van der Waals surface area (Å²) in [6.45, 7) is 1.97. The third kappa shape index (κ3) is 3.78. The van der Waals surface area contributed by atoms with Crippen molar-refractivity contribution in [1.82, 2.24) is 9.88 Å². The van der Waals surface area contributed by atoms with Crippen LogP contribution < -0.4 is 5.32 Å². The van der Waals surface area contributed by atoms with Crippen molar-refractivity contribution >= 4 is 11.7 Å². The second kappa shape index (κ2) is 6.35. The molecule has 0 fully saturated rings. The van der Waals surface area contributed by atoms with Gasteiger partial charge in [-0.3, -0.25) is 4.79 Å². The second-order valence-corrected chi connectivity index (χ2v) is 5.05. The minimum atomic E-state index is -0.254. The molecule has 0 aliphatic carbocycles. The first-order valence-corrected chi connectivity index (χ1v) is 6.67. The van der Waals surface area contributed by atoms with Crippen LogP contribution in [0.25, 0.3) is 0 Å². The van der Waals surface area contributed by atoms with Crippen LogP contribution in [0, 0.1) is 5.82 Å². The first kappa shape index (κ1) is 15.0. The highest BCUT2D eigenvalue weighted by Crippen LogP contribution is 2.18. The molecule has 0 aliphatic heterocycles. The van der Waals surface area contributed by atoms with Crippen LogP contribution in [0.3, 0.4) is 0 Å². The third-order valence-electron chi connectivity index (χ3n) is 3.15. The maximum Gasteiger partial charge on any atom is 0.254 e. The van der Waals surface area contributed by atoms with Gasteiger partial charge in [0.15, 0.2) is 0 Å². The smallest absolute Gasteiger partial charge is 0.254 e. The van der Waals surface area contributed by atoms with Gasteiger partial charge in [-0.25, -0.2) is 9.37 Å². The fourth-order valence-electron chi connectivity index (χ4n) is 1.92. The van der Waals surface area contributed by atoms with E-state index in [1.807, 2.05) is 6.92 Å². The summed E-state index contributed by atoms with van der Waals surface area (Å²) in [6.07, 6.45) is 1.54. The minimum absolute atomic E-state index is 0.00602. The third-order valence-corrected chi connectivity index (χ3v) is 3.15. The lowest BCUT2D eigenvalue weighted by atomic mass is 10.1. The molecule has 21 heavy (non-hydrogen) atoms. The van der Waals surface area contributed by atoms with E-state index in [1.165, 1.54) is 17.0 Å². The van der Waals surface area contributed by atoms with Crippen molar-refractivity contribution in [2.24, 2.45) is 0 Å². The highest BCUT2D eigenvalue weighted by molar-refractivity contribution is 5.93. The summed E-state index contributed by atoms with van der Waals surface area (Å²) in [5, 5.41) is 3.21. The fourth-order valence-corrected chi connectivity index (χ4v) is 1.92. The van der Waals surface area contributed by atoms with Crippen molar-refractivity contribution in [2.45, 2.75) is 13.0 Å². The van der Waals surface area contributed by atoms with Crippen LogP contribution in [0.4, 0.5) is 10.2 Å². The Bertz CT molecular complexity index is 608. The predicted molar refractivity (Wildman–Crippen MR) is 80.7 cm³/mol. The van der Waals surface area contributed by atoms with Gasteiger partial charge in [0.05, 0.1) is 5.56 Å². The molecule has 0 aliphatic rings. The van der Waals surface area contributed by atoms with Crippen molar-refractivity contribution in [3.63, 3.8) is 0 Å². The van der Waals surface area contributed by atoms with Crippen LogP contribution in [0.1, 0.15) is 28.9 Å². The van der Waals surface area contributed by atoms with E-state index in [0.29, 0.717) is 11.4 Å². The highest BCUT2D eigenvalue weighted by Gasteiger charge is 2.10. The molecule has 0 spiro atoms. The predicted octanol–water partition coefficient (Wildman–Crippen LogP) is 3.10. The zero-order valence-electron chi connectivity index (χ0n) is 12.3. The number of hydrogen-bond acceptors (Lipinski definition) is 3. The zero-order valence-corrected chi connectivity index (χ0v) is 12.3. The van der Waals surface area contributed by atoms with Gasteiger partial charge in [0.2, 0.25) is 0 Å². The van der Waals surface area contributed by atoms with Gasteiger partial charge < -0.3 is 10.2 Å². The second-order valence-electron chi connectivity index (χ2n) is 5.05. The molecule has 0 saturated heterocycles. The largest absolute Gasteiger partial charge is 0.364 e. The normalized spacial score (nSPS) is 11.8. The molecule has 2 rings (SSSR count).